The molecule has 27 heavy (non-hydrogen) atoms. The number of aryl methyl sites for hydroxylation is 1. The lowest BCUT2D eigenvalue weighted by atomic mass is 10.2. The first-order valence-electron chi connectivity index (χ1n) is 8.97. The van der Waals surface area contributed by atoms with Crippen LogP contribution < -0.4 is 15.1 Å². The van der Waals surface area contributed by atoms with Crippen molar-refractivity contribution in [3.05, 3.63) is 35.0 Å². The predicted octanol–water partition coefficient (Wildman–Crippen LogP) is 0.231. The minimum atomic E-state index is -0.426. The number of hydrogen-bond acceptors (Lipinski definition) is 7. The molecule has 144 valence electrons. The summed E-state index contributed by atoms with van der Waals surface area (Å²) in [5.41, 5.74) is 0.425. The van der Waals surface area contributed by atoms with Gasteiger partial charge in [-0.1, -0.05) is 6.92 Å². The summed E-state index contributed by atoms with van der Waals surface area (Å²) >= 11 is 1.42. The molecule has 2 aromatic heterocycles. The fraction of sp³-hybridized carbons (Fsp3) is 0.444. The Morgan fingerprint density at radius 1 is 1.30 bits per heavy atom. The molecule has 8 nitrogen and oxygen atoms in total. The van der Waals surface area contributed by atoms with Crippen molar-refractivity contribution in [1.82, 2.24) is 9.97 Å². The van der Waals surface area contributed by atoms with Crippen molar-refractivity contribution in [2.24, 2.45) is 0 Å². The molecule has 1 fully saturated rings. The third-order valence-corrected chi connectivity index (χ3v) is 5.70. The molecule has 0 spiro atoms. The number of nitrogens with one attached hydrogen (secondary N) is 2. The zero-order valence-electron chi connectivity index (χ0n) is 15.5. The maximum atomic E-state index is 12.5. The van der Waals surface area contributed by atoms with Crippen LogP contribution in [0.5, 0.6) is 0 Å². The molecule has 1 aliphatic heterocycles. The van der Waals surface area contributed by atoms with Crippen LogP contribution in [-0.2, 0) is 16.0 Å². The van der Waals surface area contributed by atoms with E-state index in [2.05, 4.69) is 20.2 Å². The van der Waals surface area contributed by atoms with Crippen LogP contribution in [0, 0.1) is 0 Å². The summed E-state index contributed by atoms with van der Waals surface area (Å²) in [6.07, 6.45) is 4.28. The molecule has 0 aliphatic carbocycles. The lowest BCUT2D eigenvalue weighted by Gasteiger charge is -2.31. The van der Waals surface area contributed by atoms with E-state index in [1.165, 1.54) is 23.3 Å². The van der Waals surface area contributed by atoms with Gasteiger partial charge in [-0.25, -0.2) is 14.8 Å². The molecule has 0 aromatic carbocycles. The molecule has 1 aliphatic rings. The van der Waals surface area contributed by atoms with Crippen molar-refractivity contribution in [2.45, 2.75) is 13.3 Å². The monoisotopic (exact) mass is 390 g/mol. The Labute approximate surface area is 162 Å². The molecule has 1 amide bonds. The molecular formula is C18H24N5O3S+. The Hall–Kier alpha value is -2.52. The molecule has 2 aromatic rings. The van der Waals surface area contributed by atoms with Crippen molar-refractivity contribution < 1.29 is 19.2 Å². The Kier molecular flexibility index (Phi) is 6.36. The Bertz CT molecular complexity index is 788. The van der Waals surface area contributed by atoms with E-state index < -0.39 is 5.97 Å². The van der Waals surface area contributed by atoms with Gasteiger partial charge in [-0.05, 0) is 18.6 Å². The van der Waals surface area contributed by atoms with E-state index in [9.17, 15) is 9.59 Å². The van der Waals surface area contributed by atoms with Crippen molar-refractivity contribution in [3.8, 4) is 0 Å². The minimum Gasteiger partial charge on any atom is -0.465 e. The zero-order chi connectivity index (χ0) is 19.2. The number of ether oxygens (including phenoxy) is 1. The summed E-state index contributed by atoms with van der Waals surface area (Å²) in [6, 6.07) is 3.59. The summed E-state index contributed by atoms with van der Waals surface area (Å²) in [4.78, 5) is 37.3. The molecule has 0 bridgehead atoms. The van der Waals surface area contributed by atoms with Crippen LogP contribution in [0.3, 0.4) is 0 Å². The Morgan fingerprint density at radius 3 is 2.63 bits per heavy atom. The number of piperazine rings is 1. The molecule has 9 heteroatoms. The number of hydrogen-bond donors (Lipinski definition) is 2. The number of aromatic nitrogens is 2. The first-order valence-corrected chi connectivity index (χ1v) is 9.78. The lowest BCUT2D eigenvalue weighted by Crippen LogP contribution is -3.15. The van der Waals surface area contributed by atoms with Gasteiger partial charge in [-0.3, -0.25) is 4.79 Å². The highest BCUT2D eigenvalue weighted by Gasteiger charge is 2.25. The number of amides is 1. The largest absolute Gasteiger partial charge is 0.465 e. The Balaban J connectivity index is 1.55. The molecule has 0 unspecified atom stereocenters. The minimum absolute atomic E-state index is 0.0935. The number of rotatable bonds is 6. The number of thiophene rings is 1. The molecule has 1 saturated heterocycles. The number of quaternary nitrogens is 1. The molecule has 0 radical (unpaired) electrons. The van der Waals surface area contributed by atoms with Gasteiger partial charge in [-0.2, -0.15) is 0 Å². The van der Waals surface area contributed by atoms with Crippen molar-refractivity contribution >= 4 is 34.2 Å². The fourth-order valence-corrected chi connectivity index (χ4v) is 4.02. The molecule has 3 rings (SSSR count). The average Bonchev–Trinajstić information content (AvgIpc) is 3.11. The number of nitrogens with zero attached hydrogens (tertiary/aromatic N) is 3. The standard InChI is InChI=1S/C18H23N5O3S/c1-3-13-11-14(17(25)26-2)16(27-13)21-15(24)12-22-7-9-23(10-8-22)18-19-5-4-6-20-18/h4-6,11H,3,7-10,12H2,1-2H3,(H,21,24)/p+1. The second kappa shape index (κ2) is 8.92. The van der Waals surface area contributed by atoms with E-state index >= 15 is 0 Å². The van der Waals surface area contributed by atoms with Crippen molar-refractivity contribution in [2.75, 3.05) is 50.1 Å². The summed E-state index contributed by atoms with van der Waals surface area (Å²) in [7, 11) is 1.34. The number of carbonyl (C=O) groups is 2. The third kappa shape index (κ3) is 4.81. The molecule has 0 atom stereocenters. The summed E-state index contributed by atoms with van der Waals surface area (Å²) < 4.78 is 4.81. The van der Waals surface area contributed by atoms with Gasteiger partial charge < -0.3 is 19.9 Å². The van der Waals surface area contributed by atoms with Gasteiger partial charge in [0.2, 0.25) is 5.95 Å². The van der Waals surface area contributed by atoms with Gasteiger partial charge in [0.05, 0.1) is 38.9 Å². The highest BCUT2D eigenvalue weighted by atomic mass is 32.1. The van der Waals surface area contributed by atoms with Gasteiger partial charge in [0.1, 0.15) is 5.00 Å². The van der Waals surface area contributed by atoms with Crippen molar-refractivity contribution in [3.63, 3.8) is 0 Å². The first-order chi connectivity index (χ1) is 13.1. The van der Waals surface area contributed by atoms with E-state index in [1.54, 1.807) is 24.5 Å². The second-order valence-corrected chi connectivity index (χ2v) is 7.45. The third-order valence-electron chi connectivity index (χ3n) is 4.51. The van der Waals surface area contributed by atoms with Crippen LogP contribution in [0.25, 0.3) is 0 Å². The second-order valence-electron chi connectivity index (χ2n) is 6.31. The fourth-order valence-electron chi connectivity index (χ4n) is 3.02. The molecule has 3 heterocycles. The molecular weight excluding hydrogens is 366 g/mol. The summed E-state index contributed by atoms with van der Waals surface area (Å²) in [5, 5.41) is 3.46. The quantitative estimate of drug-likeness (QED) is 0.687. The van der Waals surface area contributed by atoms with Crippen LogP contribution in [-0.4, -0.2) is 61.7 Å². The summed E-state index contributed by atoms with van der Waals surface area (Å²) in [6.45, 7) is 5.65. The van der Waals surface area contributed by atoms with Gasteiger partial charge in [0, 0.05) is 17.3 Å². The first kappa shape index (κ1) is 19.2. The van der Waals surface area contributed by atoms with Gasteiger partial charge >= 0.3 is 5.97 Å². The number of esters is 1. The van der Waals surface area contributed by atoms with Crippen LogP contribution in [0.15, 0.2) is 24.5 Å². The Morgan fingerprint density at radius 2 is 2.00 bits per heavy atom. The average molecular weight is 390 g/mol. The normalized spacial score (nSPS) is 14.8. The topological polar surface area (TPSA) is 88.9 Å². The smallest absolute Gasteiger partial charge is 0.340 e. The van der Waals surface area contributed by atoms with Gasteiger partial charge in [0.15, 0.2) is 6.54 Å². The van der Waals surface area contributed by atoms with Crippen LogP contribution in [0.2, 0.25) is 0 Å². The maximum absolute atomic E-state index is 12.5. The van der Waals surface area contributed by atoms with E-state index in [4.69, 9.17) is 4.74 Å². The number of anilines is 2. The molecule has 0 saturated carbocycles. The lowest BCUT2D eigenvalue weighted by molar-refractivity contribution is -0.892. The molecule has 2 N–H and O–H groups in total. The van der Waals surface area contributed by atoms with Crippen LogP contribution in [0.4, 0.5) is 10.9 Å². The summed E-state index contributed by atoms with van der Waals surface area (Å²) in [5.74, 6) is 0.212. The SMILES string of the molecule is CCc1cc(C(=O)OC)c(NC(=O)C[NH+]2CCN(c3ncccn3)CC2)s1. The van der Waals surface area contributed by atoms with E-state index in [1.807, 2.05) is 6.92 Å². The maximum Gasteiger partial charge on any atom is 0.340 e. The number of carbonyl (C=O) groups excluding carboxylic acids is 2. The van der Waals surface area contributed by atoms with Crippen LogP contribution >= 0.6 is 11.3 Å². The van der Waals surface area contributed by atoms with Crippen LogP contribution in [0.1, 0.15) is 22.2 Å². The highest BCUT2D eigenvalue weighted by molar-refractivity contribution is 7.16. The predicted molar refractivity (Wildman–Crippen MR) is 103 cm³/mol. The van der Waals surface area contributed by atoms with E-state index in [0.717, 1.165) is 43.4 Å². The van der Waals surface area contributed by atoms with Crippen molar-refractivity contribution in [1.29, 1.82) is 0 Å². The number of methoxy groups -OCH3 is 1. The van der Waals surface area contributed by atoms with E-state index in [-0.39, 0.29) is 5.91 Å². The highest BCUT2D eigenvalue weighted by Crippen LogP contribution is 2.29. The van der Waals surface area contributed by atoms with E-state index in [0.29, 0.717) is 17.1 Å². The van der Waals surface area contributed by atoms with Gasteiger partial charge in [0.25, 0.3) is 5.91 Å². The van der Waals surface area contributed by atoms with Gasteiger partial charge in [-0.15, -0.1) is 11.3 Å². The zero-order valence-corrected chi connectivity index (χ0v) is 16.3.